The molecule has 1 aliphatic heterocycles. The van der Waals surface area contributed by atoms with E-state index in [-0.39, 0.29) is 6.54 Å². The van der Waals surface area contributed by atoms with Crippen LogP contribution in [-0.2, 0) is 15.8 Å². The number of aliphatic carboxylic acids is 1. The summed E-state index contributed by atoms with van der Waals surface area (Å²) in [6.07, 6.45) is -3.54. The first kappa shape index (κ1) is 17.1. The lowest BCUT2D eigenvalue weighted by molar-refractivity contribution is -0.147. The summed E-state index contributed by atoms with van der Waals surface area (Å²) in [5.41, 5.74) is -0.949. The van der Waals surface area contributed by atoms with Gasteiger partial charge in [0.15, 0.2) is 6.61 Å². The summed E-state index contributed by atoms with van der Waals surface area (Å²) in [5, 5.41) is 8.98. The molecule has 1 aromatic carbocycles. The number of amides is 1. The molecule has 8 heteroatoms. The van der Waals surface area contributed by atoms with Crippen molar-refractivity contribution in [2.75, 3.05) is 19.7 Å². The van der Waals surface area contributed by atoms with E-state index in [1.807, 2.05) is 0 Å². The Morgan fingerprint density at radius 3 is 2.65 bits per heavy atom. The van der Waals surface area contributed by atoms with E-state index in [4.69, 9.17) is 9.84 Å². The van der Waals surface area contributed by atoms with Crippen molar-refractivity contribution in [1.82, 2.24) is 4.90 Å². The van der Waals surface area contributed by atoms with Crippen molar-refractivity contribution in [3.8, 4) is 5.75 Å². The average Bonchev–Trinajstić information content (AvgIpc) is 2.52. The van der Waals surface area contributed by atoms with E-state index < -0.39 is 41.9 Å². The lowest BCUT2D eigenvalue weighted by atomic mass is 9.98. The van der Waals surface area contributed by atoms with Gasteiger partial charge in [0.05, 0.1) is 11.5 Å². The standard InChI is InChI=1S/C15H16F3NO4/c16-15(17,18)11-5-1-2-6-12(11)23-9-13(20)19-7-3-4-10(8-19)14(21)22/h1-2,5-6,10H,3-4,7-9H2,(H,21,22). The zero-order chi connectivity index (χ0) is 17.0. The normalized spacial score (nSPS) is 18.6. The average molecular weight is 331 g/mol. The summed E-state index contributed by atoms with van der Waals surface area (Å²) in [6.45, 7) is -0.120. The molecular formula is C15H16F3NO4. The molecule has 0 spiro atoms. The highest BCUT2D eigenvalue weighted by molar-refractivity contribution is 5.79. The zero-order valence-electron chi connectivity index (χ0n) is 12.2. The topological polar surface area (TPSA) is 66.8 Å². The van der Waals surface area contributed by atoms with Crippen LogP contribution in [0.1, 0.15) is 18.4 Å². The quantitative estimate of drug-likeness (QED) is 0.920. The molecule has 0 saturated carbocycles. The molecule has 1 unspecified atom stereocenters. The third kappa shape index (κ3) is 4.37. The van der Waals surface area contributed by atoms with Gasteiger partial charge in [-0.25, -0.2) is 0 Å². The van der Waals surface area contributed by atoms with Gasteiger partial charge < -0.3 is 14.7 Å². The SMILES string of the molecule is O=C(O)C1CCCN(C(=O)COc2ccccc2C(F)(F)F)C1. The Labute approximate surface area is 130 Å². The molecule has 1 N–H and O–H groups in total. The smallest absolute Gasteiger partial charge is 0.419 e. The summed E-state index contributed by atoms with van der Waals surface area (Å²) in [6, 6.07) is 4.64. The van der Waals surface area contributed by atoms with Crippen molar-refractivity contribution in [1.29, 1.82) is 0 Å². The van der Waals surface area contributed by atoms with Gasteiger partial charge >= 0.3 is 12.1 Å². The maximum absolute atomic E-state index is 12.8. The van der Waals surface area contributed by atoms with Gasteiger partial charge in [-0.2, -0.15) is 13.2 Å². The lowest BCUT2D eigenvalue weighted by Gasteiger charge is -2.30. The highest BCUT2D eigenvalue weighted by atomic mass is 19.4. The molecule has 1 amide bonds. The number of rotatable bonds is 4. The number of likely N-dealkylation sites (tertiary alicyclic amines) is 1. The Hall–Kier alpha value is -2.25. The van der Waals surface area contributed by atoms with Gasteiger partial charge in [-0.1, -0.05) is 12.1 Å². The third-order valence-corrected chi connectivity index (χ3v) is 3.67. The number of carboxylic acids is 1. The molecule has 0 aliphatic carbocycles. The number of carbonyl (C=O) groups is 2. The molecule has 1 atom stereocenters. The Kier molecular flexibility index (Phi) is 5.12. The van der Waals surface area contributed by atoms with E-state index in [1.54, 1.807) is 0 Å². The second-order valence-corrected chi connectivity index (χ2v) is 5.30. The minimum atomic E-state index is -4.57. The molecule has 0 bridgehead atoms. The molecule has 126 valence electrons. The fraction of sp³-hybridized carbons (Fsp3) is 0.467. The van der Waals surface area contributed by atoms with Crippen LogP contribution in [0.25, 0.3) is 0 Å². The summed E-state index contributed by atoms with van der Waals surface area (Å²) < 4.78 is 43.5. The minimum absolute atomic E-state index is 0.0540. The van der Waals surface area contributed by atoms with Gasteiger partial charge in [-0.3, -0.25) is 9.59 Å². The summed E-state index contributed by atoms with van der Waals surface area (Å²) in [5.74, 6) is -2.56. The second kappa shape index (κ2) is 6.89. The monoisotopic (exact) mass is 331 g/mol. The summed E-state index contributed by atoms with van der Waals surface area (Å²) in [4.78, 5) is 24.3. The van der Waals surface area contributed by atoms with Gasteiger partial charge in [0.2, 0.25) is 0 Å². The molecule has 0 aromatic heterocycles. The summed E-state index contributed by atoms with van der Waals surface area (Å²) in [7, 11) is 0. The zero-order valence-corrected chi connectivity index (χ0v) is 12.2. The predicted octanol–water partition coefficient (Wildman–Crippen LogP) is 2.41. The molecule has 0 radical (unpaired) electrons. The Bertz CT molecular complexity index is 588. The van der Waals surface area contributed by atoms with Gasteiger partial charge in [0, 0.05) is 13.1 Å². The number of carboxylic acid groups (broad SMARTS) is 1. The van der Waals surface area contributed by atoms with Gasteiger partial charge in [-0.05, 0) is 25.0 Å². The number of ether oxygens (including phenoxy) is 1. The highest BCUT2D eigenvalue weighted by Gasteiger charge is 2.34. The Balaban J connectivity index is 1.99. The molecule has 1 heterocycles. The molecule has 23 heavy (non-hydrogen) atoms. The number of benzene rings is 1. The number of carbonyl (C=O) groups excluding carboxylic acids is 1. The fourth-order valence-corrected chi connectivity index (χ4v) is 2.46. The van der Waals surface area contributed by atoms with E-state index >= 15 is 0 Å². The predicted molar refractivity (Wildman–Crippen MR) is 73.9 cm³/mol. The van der Waals surface area contributed by atoms with Crippen LogP contribution in [0.3, 0.4) is 0 Å². The number of nitrogens with zero attached hydrogens (tertiary/aromatic N) is 1. The van der Waals surface area contributed by atoms with E-state index in [9.17, 15) is 22.8 Å². The molecule has 1 saturated heterocycles. The van der Waals surface area contributed by atoms with Crippen molar-refractivity contribution in [2.45, 2.75) is 19.0 Å². The third-order valence-electron chi connectivity index (χ3n) is 3.67. The fourth-order valence-electron chi connectivity index (χ4n) is 2.46. The number of hydrogen-bond acceptors (Lipinski definition) is 3. The maximum atomic E-state index is 12.8. The first-order valence-corrected chi connectivity index (χ1v) is 7.08. The largest absolute Gasteiger partial charge is 0.483 e. The highest BCUT2D eigenvalue weighted by Crippen LogP contribution is 2.35. The number of hydrogen-bond donors (Lipinski definition) is 1. The van der Waals surface area contributed by atoms with Gasteiger partial charge in [0.1, 0.15) is 5.75 Å². The van der Waals surface area contributed by atoms with Crippen LogP contribution in [0.2, 0.25) is 0 Å². The van der Waals surface area contributed by atoms with Gasteiger partial charge in [0.25, 0.3) is 5.91 Å². The van der Waals surface area contributed by atoms with Crippen LogP contribution < -0.4 is 4.74 Å². The minimum Gasteiger partial charge on any atom is -0.483 e. The number of halogens is 3. The van der Waals surface area contributed by atoms with E-state index in [1.165, 1.54) is 17.0 Å². The first-order valence-electron chi connectivity index (χ1n) is 7.08. The Morgan fingerprint density at radius 1 is 1.30 bits per heavy atom. The second-order valence-electron chi connectivity index (χ2n) is 5.30. The van der Waals surface area contributed by atoms with Crippen molar-refractivity contribution < 1.29 is 32.6 Å². The molecule has 5 nitrogen and oxygen atoms in total. The summed E-state index contributed by atoms with van der Waals surface area (Å²) >= 11 is 0. The molecule has 2 rings (SSSR count). The van der Waals surface area contributed by atoms with Gasteiger partial charge in [-0.15, -0.1) is 0 Å². The van der Waals surface area contributed by atoms with Crippen LogP contribution in [0.4, 0.5) is 13.2 Å². The van der Waals surface area contributed by atoms with Crippen molar-refractivity contribution in [3.63, 3.8) is 0 Å². The van der Waals surface area contributed by atoms with Crippen LogP contribution in [0.5, 0.6) is 5.75 Å². The van der Waals surface area contributed by atoms with E-state index in [0.29, 0.717) is 19.4 Å². The lowest BCUT2D eigenvalue weighted by Crippen LogP contribution is -2.44. The van der Waals surface area contributed by atoms with Crippen LogP contribution in [0.15, 0.2) is 24.3 Å². The number of piperidine rings is 1. The maximum Gasteiger partial charge on any atom is 0.419 e. The Morgan fingerprint density at radius 2 is 2.00 bits per heavy atom. The number of para-hydroxylation sites is 1. The van der Waals surface area contributed by atoms with E-state index in [2.05, 4.69) is 0 Å². The van der Waals surface area contributed by atoms with Crippen LogP contribution in [0, 0.1) is 5.92 Å². The number of alkyl halides is 3. The molecule has 1 fully saturated rings. The molecule has 1 aromatic rings. The van der Waals surface area contributed by atoms with Crippen LogP contribution >= 0.6 is 0 Å². The molecule has 1 aliphatic rings. The van der Waals surface area contributed by atoms with Crippen molar-refractivity contribution >= 4 is 11.9 Å². The molecular weight excluding hydrogens is 315 g/mol. The van der Waals surface area contributed by atoms with E-state index in [0.717, 1.165) is 12.1 Å². The van der Waals surface area contributed by atoms with Crippen LogP contribution in [-0.4, -0.2) is 41.6 Å². The van der Waals surface area contributed by atoms with Crippen molar-refractivity contribution in [2.24, 2.45) is 5.92 Å². The van der Waals surface area contributed by atoms with Crippen molar-refractivity contribution in [3.05, 3.63) is 29.8 Å². The first-order chi connectivity index (χ1) is 10.8.